The standard InChI is InChI=1S/C14H23NO2S/c1-14(2,12-15)9-6-10-18(16,17)11-13-7-4-3-5-8-13/h3-5,7-8H,6,9-12,15H2,1-2H3. The van der Waals surface area contributed by atoms with Gasteiger partial charge in [0, 0.05) is 0 Å². The molecule has 0 aliphatic carbocycles. The Morgan fingerprint density at radius 3 is 2.33 bits per heavy atom. The molecule has 0 heterocycles. The summed E-state index contributed by atoms with van der Waals surface area (Å²) in [6.45, 7) is 4.72. The predicted molar refractivity (Wildman–Crippen MR) is 76.0 cm³/mol. The number of hydrogen-bond acceptors (Lipinski definition) is 3. The van der Waals surface area contributed by atoms with Gasteiger partial charge in [0.15, 0.2) is 9.84 Å². The molecule has 0 unspecified atom stereocenters. The fourth-order valence-electron chi connectivity index (χ4n) is 1.77. The molecule has 1 aromatic rings. The Balaban J connectivity index is 2.46. The largest absolute Gasteiger partial charge is 0.330 e. The first kappa shape index (κ1) is 15.2. The van der Waals surface area contributed by atoms with Crippen LogP contribution in [-0.2, 0) is 15.6 Å². The topological polar surface area (TPSA) is 60.2 Å². The summed E-state index contributed by atoms with van der Waals surface area (Å²) >= 11 is 0. The van der Waals surface area contributed by atoms with Crippen LogP contribution >= 0.6 is 0 Å². The average Bonchev–Trinajstić information content (AvgIpc) is 2.29. The summed E-state index contributed by atoms with van der Waals surface area (Å²) in [6.07, 6.45) is 1.52. The number of rotatable bonds is 7. The third-order valence-corrected chi connectivity index (χ3v) is 4.77. The average molecular weight is 269 g/mol. The van der Waals surface area contributed by atoms with Crippen molar-refractivity contribution in [3.8, 4) is 0 Å². The first-order valence-corrected chi connectivity index (χ1v) is 8.11. The lowest BCUT2D eigenvalue weighted by Crippen LogP contribution is -2.24. The number of hydrogen-bond donors (Lipinski definition) is 1. The molecule has 0 amide bonds. The molecule has 102 valence electrons. The molecule has 0 aliphatic rings. The van der Waals surface area contributed by atoms with Crippen molar-refractivity contribution in [3.05, 3.63) is 35.9 Å². The SMILES string of the molecule is CC(C)(CN)CCCS(=O)(=O)Cc1ccccc1. The zero-order chi connectivity index (χ0) is 13.6. The zero-order valence-electron chi connectivity index (χ0n) is 11.2. The van der Waals surface area contributed by atoms with Crippen molar-refractivity contribution in [1.82, 2.24) is 0 Å². The maximum atomic E-state index is 11.9. The minimum atomic E-state index is -3.01. The van der Waals surface area contributed by atoms with Crippen LogP contribution in [0.5, 0.6) is 0 Å². The molecule has 0 bridgehead atoms. The summed E-state index contributed by atoms with van der Waals surface area (Å²) in [5.74, 6) is 0.377. The predicted octanol–water partition coefficient (Wildman–Crippen LogP) is 2.37. The Bertz CT molecular complexity index is 452. The highest BCUT2D eigenvalue weighted by Crippen LogP contribution is 2.21. The minimum Gasteiger partial charge on any atom is -0.330 e. The van der Waals surface area contributed by atoms with Gasteiger partial charge in [0.1, 0.15) is 0 Å². The number of sulfone groups is 1. The number of nitrogens with two attached hydrogens (primary N) is 1. The summed E-state index contributed by atoms with van der Waals surface area (Å²) in [7, 11) is -3.01. The lowest BCUT2D eigenvalue weighted by Gasteiger charge is -2.21. The Morgan fingerprint density at radius 1 is 1.17 bits per heavy atom. The lowest BCUT2D eigenvalue weighted by molar-refractivity contribution is 0.344. The van der Waals surface area contributed by atoms with Gasteiger partial charge in [-0.05, 0) is 30.4 Å². The number of benzene rings is 1. The quantitative estimate of drug-likeness (QED) is 0.826. The summed E-state index contributed by atoms with van der Waals surface area (Å²) in [5, 5.41) is 0. The molecule has 18 heavy (non-hydrogen) atoms. The summed E-state index contributed by atoms with van der Waals surface area (Å²) in [6, 6.07) is 9.31. The Kier molecular flexibility index (Phi) is 5.35. The van der Waals surface area contributed by atoms with Crippen LogP contribution in [0.1, 0.15) is 32.3 Å². The molecule has 1 aromatic carbocycles. The van der Waals surface area contributed by atoms with Gasteiger partial charge in [-0.25, -0.2) is 8.42 Å². The van der Waals surface area contributed by atoms with E-state index in [9.17, 15) is 8.42 Å². The van der Waals surface area contributed by atoms with Crippen molar-refractivity contribution >= 4 is 9.84 Å². The van der Waals surface area contributed by atoms with Crippen LogP contribution in [0.15, 0.2) is 30.3 Å². The smallest absolute Gasteiger partial charge is 0.154 e. The van der Waals surface area contributed by atoms with Crippen molar-refractivity contribution in [3.63, 3.8) is 0 Å². The Morgan fingerprint density at radius 2 is 1.78 bits per heavy atom. The molecule has 0 atom stereocenters. The van der Waals surface area contributed by atoms with Crippen LogP contribution in [-0.4, -0.2) is 20.7 Å². The maximum absolute atomic E-state index is 11.9. The van der Waals surface area contributed by atoms with E-state index in [1.54, 1.807) is 0 Å². The molecule has 0 radical (unpaired) electrons. The molecule has 4 heteroatoms. The fraction of sp³-hybridized carbons (Fsp3) is 0.571. The second-order valence-corrected chi connectivity index (χ2v) is 7.73. The second kappa shape index (κ2) is 6.34. The van der Waals surface area contributed by atoms with Crippen molar-refractivity contribution in [2.75, 3.05) is 12.3 Å². The molecule has 0 aliphatic heterocycles. The molecule has 0 aromatic heterocycles. The van der Waals surface area contributed by atoms with E-state index in [1.807, 2.05) is 30.3 Å². The van der Waals surface area contributed by atoms with E-state index in [-0.39, 0.29) is 16.9 Å². The van der Waals surface area contributed by atoms with E-state index in [0.29, 0.717) is 13.0 Å². The van der Waals surface area contributed by atoms with Crippen LogP contribution in [0.4, 0.5) is 0 Å². The van der Waals surface area contributed by atoms with E-state index < -0.39 is 9.84 Å². The van der Waals surface area contributed by atoms with E-state index >= 15 is 0 Å². The van der Waals surface area contributed by atoms with Gasteiger partial charge >= 0.3 is 0 Å². The highest BCUT2D eigenvalue weighted by Gasteiger charge is 2.18. The van der Waals surface area contributed by atoms with Gasteiger partial charge in [0.05, 0.1) is 11.5 Å². The van der Waals surface area contributed by atoms with Crippen LogP contribution in [0.3, 0.4) is 0 Å². The first-order valence-electron chi connectivity index (χ1n) is 6.29. The minimum absolute atomic E-state index is 0.0300. The maximum Gasteiger partial charge on any atom is 0.154 e. The molecule has 0 saturated carbocycles. The molecule has 0 fully saturated rings. The van der Waals surface area contributed by atoms with Crippen LogP contribution < -0.4 is 5.73 Å². The second-order valence-electron chi connectivity index (χ2n) is 5.55. The third-order valence-electron chi connectivity index (χ3n) is 3.09. The molecule has 2 N–H and O–H groups in total. The Hall–Kier alpha value is -0.870. The van der Waals surface area contributed by atoms with E-state index in [4.69, 9.17) is 5.73 Å². The molecule has 0 spiro atoms. The van der Waals surface area contributed by atoms with Crippen LogP contribution in [0.25, 0.3) is 0 Å². The molecular formula is C14H23NO2S. The highest BCUT2D eigenvalue weighted by atomic mass is 32.2. The molecule has 0 saturated heterocycles. The van der Waals surface area contributed by atoms with E-state index in [1.165, 1.54) is 0 Å². The molecular weight excluding hydrogens is 246 g/mol. The summed E-state index contributed by atoms with van der Waals surface area (Å²) < 4.78 is 23.9. The normalized spacial score (nSPS) is 12.6. The van der Waals surface area contributed by atoms with Crippen molar-refractivity contribution in [1.29, 1.82) is 0 Å². The van der Waals surface area contributed by atoms with E-state index in [2.05, 4.69) is 13.8 Å². The van der Waals surface area contributed by atoms with Gasteiger partial charge < -0.3 is 5.73 Å². The Labute approximate surface area is 110 Å². The molecule has 3 nitrogen and oxygen atoms in total. The summed E-state index contributed by atoms with van der Waals surface area (Å²) in [5.41, 5.74) is 6.52. The van der Waals surface area contributed by atoms with Crippen LogP contribution in [0, 0.1) is 5.41 Å². The fourth-order valence-corrected chi connectivity index (χ4v) is 3.20. The first-order chi connectivity index (χ1) is 8.35. The third kappa shape index (κ3) is 5.65. The van der Waals surface area contributed by atoms with E-state index in [0.717, 1.165) is 12.0 Å². The van der Waals surface area contributed by atoms with Gasteiger partial charge in [-0.2, -0.15) is 0 Å². The van der Waals surface area contributed by atoms with Crippen molar-refractivity contribution < 1.29 is 8.42 Å². The zero-order valence-corrected chi connectivity index (χ0v) is 12.0. The van der Waals surface area contributed by atoms with Gasteiger partial charge in [0.2, 0.25) is 0 Å². The van der Waals surface area contributed by atoms with Crippen LogP contribution in [0.2, 0.25) is 0 Å². The summed E-state index contributed by atoms with van der Waals surface area (Å²) in [4.78, 5) is 0. The molecule has 1 rings (SSSR count). The van der Waals surface area contributed by atoms with Gasteiger partial charge in [-0.1, -0.05) is 44.2 Å². The van der Waals surface area contributed by atoms with Crippen molar-refractivity contribution in [2.45, 2.75) is 32.4 Å². The monoisotopic (exact) mass is 269 g/mol. The highest BCUT2D eigenvalue weighted by molar-refractivity contribution is 7.90. The van der Waals surface area contributed by atoms with Gasteiger partial charge in [-0.3, -0.25) is 0 Å². The van der Waals surface area contributed by atoms with Crippen molar-refractivity contribution in [2.24, 2.45) is 11.1 Å². The lowest BCUT2D eigenvalue weighted by atomic mass is 9.88. The van der Waals surface area contributed by atoms with Gasteiger partial charge in [-0.15, -0.1) is 0 Å². The van der Waals surface area contributed by atoms with Gasteiger partial charge in [0.25, 0.3) is 0 Å².